The third kappa shape index (κ3) is 5.71. The second-order valence-electron chi connectivity index (χ2n) is 7.93. The van der Waals surface area contributed by atoms with E-state index in [2.05, 4.69) is 56.3 Å². The Bertz CT molecular complexity index is 851. The highest BCUT2D eigenvalue weighted by Crippen LogP contribution is 2.30. The number of ether oxygens (including phenoxy) is 2. The third-order valence-electron chi connectivity index (χ3n) is 5.19. The third-order valence-corrected chi connectivity index (χ3v) is 5.19. The molecule has 0 amide bonds. The lowest BCUT2D eigenvalue weighted by molar-refractivity contribution is 0.185. The molecule has 3 rings (SSSR count). The van der Waals surface area contributed by atoms with E-state index in [1.54, 1.807) is 7.11 Å². The predicted molar refractivity (Wildman–Crippen MR) is 116 cm³/mol. The minimum Gasteiger partial charge on any atom is -0.457 e. The van der Waals surface area contributed by atoms with Crippen LogP contribution >= 0.6 is 0 Å². The molecule has 0 aliphatic carbocycles. The molecule has 0 heterocycles. The lowest BCUT2D eigenvalue weighted by atomic mass is 9.79. The molecule has 0 radical (unpaired) electrons. The van der Waals surface area contributed by atoms with Crippen LogP contribution in [0.1, 0.15) is 43.4 Å². The van der Waals surface area contributed by atoms with Crippen LogP contribution in [0.4, 0.5) is 0 Å². The van der Waals surface area contributed by atoms with Crippen molar-refractivity contribution in [2.24, 2.45) is 0 Å². The van der Waals surface area contributed by atoms with Crippen molar-refractivity contribution in [2.75, 3.05) is 7.11 Å². The van der Waals surface area contributed by atoms with Crippen LogP contribution in [0.15, 0.2) is 78.9 Å². The molecule has 0 saturated carbocycles. The average molecular weight is 375 g/mol. The number of methoxy groups -OCH3 is 1. The van der Waals surface area contributed by atoms with Crippen LogP contribution in [0.25, 0.3) is 0 Å². The van der Waals surface area contributed by atoms with Gasteiger partial charge < -0.3 is 9.47 Å². The van der Waals surface area contributed by atoms with Gasteiger partial charge in [0.25, 0.3) is 0 Å². The van der Waals surface area contributed by atoms with E-state index in [0.717, 1.165) is 30.8 Å². The van der Waals surface area contributed by atoms with Crippen molar-refractivity contribution in [3.05, 3.63) is 95.6 Å². The van der Waals surface area contributed by atoms with E-state index in [1.165, 1.54) is 16.7 Å². The summed E-state index contributed by atoms with van der Waals surface area (Å²) in [5.41, 5.74) is 4.08. The van der Waals surface area contributed by atoms with Crippen LogP contribution in [0, 0.1) is 0 Å². The highest BCUT2D eigenvalue weighted by molar-refractivity contribution is 5.34. The SMILES string of the molecule is COCc1ccc(C(C)(C)CCCc2cccc(Oc3ccccc3)c2)cc1. The van der Waals surface area contributed by atoms with Crippen molar-refractivity contribution in [3.63, 3.8) is 0 Å². The number of para-hydroxylation sites is 1. The molecule has 0 N–H and O–H groups in total. The van der Waals surface area contributed by atoms with Crippen molar-refractivity contribution >= 4 is 0 Å². The molecule has 3 aromatic rings. The predicted octanol–water partition coefficient (Wildman–Crippen LogP) is 6.93. The zero-order chi connectivity index (χ0) is 19.8. The number of benzene rings is 3. The van der Waals surface area contributed by atoms with Gasteiger partial charge in [-0.15, -0.1) is 0 Å². The number of rotatable bonds is 9. The summed E-state index contributed by atoms with van der Waals surface area (Å²) in [6.45, 7) is 5.32. The van der Waals surface area contributed by atoms with Gasteiger partial charge in [0.2, 0.25) is 0 Å². The van der Waals surface area contributed by atoms with Gasteiger partial charge in [0.1, 0.15) is 11.5 Å². The van der Waals surface area contributed by atoms with E-state index in [-0.39, 0.29) is 5.41 Å². The lowest BCUT2D eigenvalue weighted by Crippen LogP contribution is -2.17. The van der Waals surface area contributed by atoms with Crippen LogP contribution in [0.2, 0.25) is 0 Å². The number of aryl methyl sites for hydroxylation is 1. The summed E-state index contributed by atoms with van der Waals surface area (Å²) in [6, 6.07) is 27.2. The molecule has 3 aromatic carbocycles. The second-order valence-corrected chi connectivity index (χ2v) is 7.93. The molecule has 146 valence electrons. The highest BCUT2D eigenvalue weighted by Gasteiger charge is 2.20. The number of hydrogen-bond donors (Lipinski definition) is 0. The van der Waals surface area contributed by atoms with Gasteiger partial charge in [-0.3, -0.25) is 0 Å². The molecule has 2 heteroatoms. The lowest BCUT2D eigenvalue weighted by Gasteiger charge is -2.25. The van der Waals surface area contributed by atoms with Gasteiger partial charge in [-0.05, 0) is 65.6 Å². The van der Waals surface area contributed by atoms with Crippen LogP contribution in [-0.2, 0) is 23.2 Å². The van der Waals surface area contributed by atoms with Gasteiger partial charge in [0.15, 0.2) is 0 Å². The molecule has 0 fully saturated rings. The van der Waals surface area contributed by atoms with Gasteiger partial charge in [0, 0.05) is 7.11 Å². The fraction of sp³-hybridized carbons (Fsp3) is 0.308. The maximum absolute atomic E-state index is 5.96. The fourth-order valence-electron chi connectivity index (χ4n) is 3.49. The van der Waals surface area contributed by atoms with Gasteiger partial charge in [-0.1, -0.05) is 68.4 Å². The normalized spacial score (nSPS) is 11.4. The molecule has 0 aliphatic rings. The van der Waals surface area contributed by atoms with E-state index in [4.69, 9.17) is 9.47 Å². The van der Waals surface area contributed by atoms with Gasteiger partial charge in [-0.25, -0.2) is 0 Å². The van der Waals surface area contributed by atoms with E-state index >= 15 is 0 Å². The van der Waals surface area contributed by atoms with Crippen LogP contribution in [0.3, 0.4) is 0 Å². The molecular formula is C26H30O2. The summed E-state index contributed by atoms with van der Waals surface area (Å²) < 4.78 is 11.2. The van der Waals surface area contributed by atoms with E-state index in [0.29, 0.717) is 6.61 Å². The molecule has 0 spiro atoms. The largest absolute Gasteiger partial charge is 0.457 e. The maximum atomic E-state index is 5.96. The topological polar surface area (TPSA) is 18.5 Å². The summed E-state index contributed by atoms with van der Waals surface area (Å²) in [5, 5.41) is 0. The molecule has 0 atom stereocenters. The molecular weight excluding hydrogens is 344 g/mol. The first-order valence-electron chi connectivity index (χ1n) is 9.97. The van der Waals surface area contributed by atoms with E-state index < -0.39 is 0 Å². The summed E-state index contributed by atoms with van der Waals surface area (Å²) in [6.07, 6.45) is 3.33. The summed E-state index contributed by atoms with van der Waals surface area (Å²) in [4.78, 5) is 0. The van der Waals surface area contributed by atoms with Crippen molar-refractivity contribution in [2.45, 2.75) is 45.1 Å². The second kappa shape index (κ2) is 9.57. The Kier molecular flexibility index (Phi) is 6.89. The molecule has 0 bridgehead atoms. The summed E-state index contributed by atoms with van der Waals surface area (Å²) in [5.74, 6) is 1.77. The van der Waals surface area contributed by atoms with Crippen molar-refractivity contribution in [1.82, 2.24) is 0 Å². The zero-order valence-corrected chi connectivity index (χ0v) is 17.2. The van der Waals surface area contributed by atoms with Crippen LogP contribution in [-0.4, -0.2) is 7.11 Å². The Hall–Kier alpha value is -2.58. The molecule has 0 aliphatic heterocycles. The van der Waals surface area contributed by atoms with Gasteiger partial charge >= 0.3 is 0 Å². The molecule has 0 saturated heterocycles. The molecule has 0 aromatic heterocycles. The van der Waals surface area contributed by atoms with Crippen LogP contribution in [0.5, 0.6) is 11.5 Å². The Labute approximate surface area is 169 Å². The Morgan fingerprint density at radius 1 is 0.750 bits per heavy atom. The van der Waals surface area contributed by atoms with Crippen molar-refractivity contribution < 1.29 is 9.47 Å². The Morgan fingerprint density at radius 2 is 1.46 bits per heavy atom. The van der Waals surface area contributed by atoms with Gasteiger partial charge in [0.05, 0.1) is 6.61 Å². The Morgan fingerprint density at radius 3 is 2.18 bits per heavy atom. The first-order chi connectivity index (χ1) is 13.6. The summed E-state index contributed by atoms with van der Waals surface area (Å²) >= 11 is 0. The quantitative estimate of drug-likeness (QED) is 0.404. The monoisotopic (exact) mass is 374 g/mol. The first-order valence-corrected chi connectivity index (χ1v) is 9.97. The average Bonchev–Trinajstić information content (AvgIpc) is 2.70. The van der Waals surface area contributed by atoms with E-state index in [1.807, 2.05) is 36.4 Å². The van der Waals surface area contributed by atoms with Gasteiger partial charge in [-0.2, -0.15) is 0 Å². The minimum atomic E-state index is 0.156. The summed E-state index contributed by atoms with van der Waals surface area (Å²) in [7, 11) is 1.73. The fourth-order valence-corrected chi connectivity index (χ4v) is 3.49. The highest BCUT2D eigenvalue weighted by atomic mass is 16.5. The molecule has 28 heavy (non-hydrogen) atoms. The molecule has 2 nitrogen and oxygen atoms in total. The van der Waals surface area contributed by atoms with E-state index in [9.17, 15) is 0 Å². The standard InChI is InChI=1S/C26H30O2/c1-26(2,23-16-14-22(15-17-23)20-27-3)18-8-10-21-9-7-13-25(19-21)28-24-11-5-4-6-12-24/h4-7,9,11-17,19H,8,10,18,20H2,1-3H3. The van der Waals surface area contributed by atoms with Crippen molar-refractivity contribution in [1.29, 1.82) is 0 Å². The molecule has 0 unspecified atom stereocenters. The first kappa shape index (κ1) is 20.2. The van der Waals surface area contributed by atoms with Crippen LogP contribution < -0.4 is 4.74 Å². The maximum Gasteiger partial charge on any atom is 0.127 e. The Balaban J connectivity index is 1.55. The smallest absolute Gasteiger partial charge is 0.127 e. The minimum absolute atomic E-state index is 0.156. The number of hydrogen-bond acceptors (Lipinski definition) is 2. The zero-order valence-electron chi connectivity index (χ0n) is 17.2. The van der Waals surface area contributed by atoms with Crippen molar-refractivity contribution in [3.8, 4) is 11.5 Å².